The summed E-state index contributed by atoms with van der Waals surface area (Å²) in [5.74, 6) is 0.119. The van der Waals surface area contributed by atoms with E-state index in [1.54, 1.807) is 13.0 Å². The van der Waals surface area contributed by atoms with Gasteiger partial charge in [-0.05, 0) is 19.1 Å². The summed E-state index contributed by atoms with van der Waals surface area (Å²) in [7, 11) is 0. The molecule has 0 aliphatic rings. The molecule has 0 heterocycles. The Morgan fingerprint density at radius 1 is 1.55 bits per heavy atom. The molecule has 0 bridgehead atoms. The molecule has 0 amide bonds. The Balaban J connectivity index is 3.35. The molecule has 0 aromatic heterocycles. The molecule has 0 aliphatic carbocycles. The summed E-state index contributed by atoms with van der Waals surface area (Å²) in [6.07, 6.45) is 0. The highest BCUT2D eigenvalue weighted by atomic mass is 32.1. The largest absolute Gasteiger partial charge is 0.508 e. The van der Waals surface area contributed by atoms with Crippen molar-refractivity contribution in [1.82, 2.24) is 0 Å². The van der Waals surface area contributed by atoms with Gasteiger partial charge in [0, 0.05) is 10.5 Å². The molecule has 0 atom stereocenters. The van der Waals surface area contributed by atoms with Crippen LogP contribution in [-0.2, 0) is 0 Å². The molecular weight excluding hydrogens is 158 g/mol. The summed E-state index contributed by atoms with van der Waals surface area (Å²) in [4.78, 5) is 0.640. The van der Waals surface area contributed by atoms with Gasteiger partial charge < -0.3 is 5.11 Å². The van der Waals surface area contributed by atoms with E-state index < -0.39 is 0 Å². The van der Waals surface area contributed by atoms with Crippen LogP contribution in [0.4, 0.5) is 0 Å². The van der Waals surface area contributed by atoms with Gasteiger partial charge in [-0.3, -0.25) is 0 Å². The Labute approximate surface area is 70.5 Å². The zero-order chi connectivity index (χ0) is 8.43. The average Bonchev–Trinajstić information content (AvgIpc) is 1.99. The van der Waals surface area contributed by atoms with Crippen molar-refractivity contribution < 1.29 is 5.11 Å². The molecular formula is C8H7NOS. The Morgan fingerprint density at radius 3 is 2.64 bits per heavy atom. The minimum atomic E-state index is 0.119. The average molecular weight is 165 g/mol. The van der Waals surface area contributed by atoms with Crippen molar-refractivity contribution in [1.29, 1.82) is 5.26 Å². The predicted molar refractivity (Wildman–Crippen MR) is 44.8 cm³/mol. The van der Waals surface area contributed by atoms with Gasteiger partial charge in [0.2, 0.25) is 0 Å². The number of hydrogen-bond acceptors (Lipinski definition) is 3. The van der Waals surface area contributed by atoms with E-state index in [9.17, 15) is 5.11 Å². The molecule has 0 saturated heterocycles. The zero-order valence-electron chi connectivity index (χ0n) is 6.00. The summed E-state index contributed by atoms with van der Waals surface area (Å²) in [6.45, 7) is 1.75. The van der Waals surface area contributed by atoms with Gasteiger partial charge in [-0.25, -0.2) is 0 Å². The van der Waals surface area contributed by atoms with Crippen molar-refractivity contribution in [2.24, 2.45) is 0 Å². The lowest BCUT2D eigenvalue weighted by atomic mass is 10.1. The summed E-state index contributed by atoms with van der Waals surface area (Å²) in [5.41, 5.74) is 1.13. The Bertz CT molecular complexity index is 304. The van der Waals surface area contributed by atoms with Crippen LogP contribution in [-0.4, -0.2) is 5.11 Å². The number of nitrogens with zero attached hydrogens (tertiary/aromatic N) is 1. The third-order valence-corrected chi connectivity index (χ3v) is 1.95. The first-order chi connectivity index (χ1) is 5.15. The molecule has 2 nitrogen and oxygen atoms in total. The van der Waals surface area contributed by atoms with Crippen molar-refractivity contribution in [3.8, 4) is 11.8 Å². The van der Waals surface area contributed by atoms with Gasteiger partial charge in [-0.1, -0.05) is 0 Å². The van der Waals surface area contributed by atoms with Crippen LogP contribution in [0.3, 0.4) is 0 Å². The second-order valence-electron chi connectivity index (χ2n) is 2.25. The molecule has 1 rings (SSSR count). The first-order valence-corrected chi connectivity index (χ1v) is 3.52. The molecule has 0 fully saturated rings. The highest BCUT2D eigenvalue weighted by molar-refractivity contribution is 7.80. The molecule has 0 spiro atoms. The number of benzene rings is 1. The molecule has 1 N–H and O–H groups in total. The number of nitriles is 1. The standard InChI is InChI=1S/C8H7NOS/c1-5-7(10)2-6(4-9)3-8(5)11/h2-3,10-11H,1H3. The van der Waals surface area contributed by atoms with Crippen molar-refractivity contribution in [2.45, 2.75) is 11.8 Å². The van der Waals surface area contributed by atoms with E-state index in [2.05, 4.69) is 12.6 Å². The monoisotopic (exact) mass is 165 g/mol. The van der Waals surface area contributed by atoms with Crippen LogP contribution in [0, 0.1) is 18.3 Å². The number of phenolic OH excluding ortho intramolecular Hbond substituents is 1. The lowest BCUT2D eigenvalue weighted by Gasteiger charge is -2.01. The van der Waals surface area contributed by atoms with Gasteiger partial charge in [0.25, 0.3) is 0 Å². The molecule has 1 aromatic rings. The molecule has 11 heavy (non-hydrogen) atoms. The fraction of sp³-hybridized carbons (Fsp3) is 0.125. The molecule has 3 heteroatoms. The maximum atomic E-state index is 9.21. The minimum absolute atomic E-state index is 0.119. The molecule has 0 saturated carbocycles. The summed E-state index contributed by atoms with van der Waals surface area (Å²) in [5, 5.41) is 17.7. The van der Waals surface area contributed by atoms with Crippen LogP contribution in [0.5, 0.6) is 5.75 Å². The molecule has 0 radical (unpaired) electrons. The maximum absolute atomic E-state index is 9.21. The summed E-state index contributed by atoms with van der Waals surface area (Å²) in [6, 6.07) is 4.98. The van der Waals surface area contributed by atoms with Crippen molar-refractivity contribution in [3.05, 3.63) is 23.3 Å². The topological polar surface area (TPSA) is 44.0 Å². The van der Waals surface area contributed by atoms with Crippen LogP contribution >= 0.6 is 12.6 Å². The molecule has 0 unspecified atom stereocenters. The number of hydrogen-bond donors (Lipinski definition) is 2. The van der Waals surface area contributed by atoms with E-state index in [-0.39, 0.29) is 5.75 Å². The number of rotatable bonds is 0. The quantitative estimate of drug-likeness (QED) is 0.576. The number of thiol groups is 1. The Kier molecular flexibility index (Phi) is 2.06. The van der Waals surface area contributed by atoms with E-state index >= 15 is 0 Å². The van der Waals surface area contributed by atoms with Gasteiger partial charge in [0.05, 0.1) is 11.6 Å². The molecule has 56 valence electrons. The second-order valence-corrected chi connectivity index (χ2v) is 2.73. The third kappa shape index (κ3) is 1.47. The van der Waals surface area contributed by atoms with Gasteiger partial charge >= 0.3 is 0 Å². The van der Waals surface area contributed by atoms with E-state index in [1.807, 2.05) is 6.07 Å². The number of phenols is 1. The first kappa shape index (κ1) is 7.96. The Morgan fingerprint density at radius 2 is 2.18 bits per heavy atom. The van der Waals surface area contributed by atoms with Gasteiger partial charge in [-0.2, -0.15) is 5.26 Å². The van der Waals surface area contributed by atoms with Crippen LogP contribution in [0.25, 0.3) is 0 Å². The SMILES string of the molecule is Cc1c(O)cc(C#N)cc1S. The van der Waals surface area contributed by atoms with Crippen LogP contribution < -0.4 is 0 Å². The molecule has 1 aromatic carbocycles. The maximum Gasteiger partial charge on any atom is 0.120 e. The zero-order valence-corrected chi connectivity index (χ0v) is 6.89. The first-order valence-electron chi connectivity index (χ1n) is 3.08. The number of aromatic hydroxyl groups is 1. The summed E-state index contributed by atoms with van der Waals surface area (Å²) >= 11 is 4.08. The fourth-order valence-corrected chi connectivity index (χ4v) is 1.00. The lowest BCUT2D eigenvalue weighted by Crippen LogP contribution is -1.81. The van der Waals surface area contributed by atoms with E-state index in [4.69, 9.17) is 5.26 Å². The lowest BCUT2D eigenvalue weighted by molar-refractivity contribution is 0.469. The van der Waals surface area contributed by atoms with E-state index in [0.29, 0.717) is 16.0 Å². The van der Waals surface area contributed by atoms with Crippen LogP contribution in [0.1, 0.15) is 11.1 Å². The van der Waals surface area contributed by atoms with E-state index in [0.717, 1.165) is 0 Å². The highest BCUT2D eigenvalue weighted by Crippen LogP contribution is 2.24. The van der Waals surface area contributed by atoms with Gasteiger partial charge in [0.15, 0.2) is 0 Å². The van der Waals surface area contributed by atoms with Crippen LogP contribution in [0.15, 0.2) is 17.0 Å². The van der Waals surface area contributed by atoms with Crippen LogP contribution in [0.2, 0.25) is 0 Å². The van der Waals surface area contributed by atoms with Crippen molar-refractivity contribution >= 4 is 12.6 Å². The van der Waals surface area contributed by atoms with Gasteiger partial charge in [-0.15, -0.1) is 12.6 Å². The smallest absolute Gasteiger partial charge is 0.120 e. The second kappa shape index (κ2) is 2.85. The van der Waals surface area contributed by atoms with Crippen molar-refractivity contribution in [2.75, 3.05) is 0 Å². The minimum Gasteiger partial charge on any atom is -0.508 e. The summed E-state index contributed by atoms with van der Waals surface area (Å²) < 4.78 is 0. The normalized spacial score (nSPS) is 9.18. The highest BCUT2D eigenvalue weighted by Gasteiger charge is 2.01. The van der Waals surface area contributed by atoms with Gasteiger partial charge in [0.1, 0.15) is 5.75 Å². The Hall–Kier alpha value is -1.14. The fourth-order valence-electron chi connectivity index (χ4n) is 0.749. The third-order valence-electron chi connectivity index (χ3n) is 1.48. The van der Waals surface area contributed by atoms with Crippen molar-refractivity contribution in [3.63, 3.8) is 0 Å². The molecule has 0 aliphatic heterocycles. The van der Waals surface area contributed by atoms with E-state index in [1.165, 1.54) is 6.07 Å². The predicted octanol–water partition coefficient (Wildman–Crippen LogP) is 1.86.